The van der Waals surface area contributed by atoms with Gasteiger partial charge in [-0.05, 0) is 38.8 Å². The summed E-state index contributed by atoms with van der Waals surface area (Å²) in [7, 11) is 1.65. The highest BCUT2D eigenvalue weighted by molar-refractivity contribution is 5.46. The van der Waals surface area contributed by atoms with Crippen molar-refractivity contribution in [3.63, 3.8) is 0 Å². The minimum Gasteiger partial charge on any atom is -0.497 e. The van der Waals surface area contributed by atoms with Gasteiger partial charge in [-0.1, -0.05) is 0 Å². The first-order valence-electron chi connectivity index (χ1n) is 5.70. The van der Waals surface area contributed by atoms with Crippen LogP contribution in [-0.2, 0) is 0 Å². The first-order valence-corrected chi connectivity index (χ1v) is 5.70. The van der Waals surface area contributed by atoms with E-state index < -0.39 is 0 Å². The number of benzene rings is 1. The predicted octanol–water partition coefficient (Wildman–Crippen LogP) is 3.02. The van der Waals surface area contributed by atoms with Crippen molar-refractivity contribution in [2.24, 2.45) is 0 Å². The Balaban J connectivity index is 2.19. The van der Waals surface area contributed by atoms with Crippen LogP contribution in [0.15, 0.2) is 18.2 Å². The van der Waals surface area contributed by atoms with Gasteiger partial charge in [-0.2, -0.15) is 0 Å². The topological polar surface area (TPSA) is 27.7 Å². The van der Waals surface area contributed by atoms with Crippen LogP contribution in [-0.4, -0.2) is 19.3 Å². The lowest BCUT2D eigenvalue weighted by Gasteiger charge is -2.15. The van der Waals surface area contributed by atoms with E-state index in [0.717, 1.165) is 30.1 Å². The molecule has 0 unspecified atom stereocenters. The quantitative estimate of drug-likeness (QED) is 0.766. The molecule has 0 radical (unpaired) electrons. The number of methoxy groups -OCH3 is 1. The minimum absolute atomic E-state index is 0.148. The molecule has 3 heteroatoms. The first-order chi connectivity index (χ1) is 7.69. The molecule has 16 heavy (non-hydrogen) atoms. The van der Waals surface area contributed by atoms with E-state index in [0.29, 0.717) is 6.10 Å². The Morgan fingerprint density at radius 2 is 1.94 bits per heavy atom. The fourth-order valence-corrected chi connectivity index (χ4v) is 1.42. The smallest absolute Gasteiger partial charge is 0.165 e. The maximum atomic E-state index is 5.79. The SMILES string of the molecule is COc1ccc(OC(C)C)c(OC2CC2)c1. The van der Waals surface area contributed by atoms with Crippen LogP contribution >= 0.6 is 0 Å². The lowest BCUT2D eigenvalue weighted by atomic mass is 10.3. The van der Waals surface area contributed by atoms with Gasteiger partial charge in [0.2, 0.25) is 0 Å². The Bertz CT molecular complexity index is 356. The van der Waals surface area contributed by atoms with E-state index in [4.69, 9.17) is 14.2 Å². The fourth-order valence-electron chi connectivity index (χ4n) is 1.42. The fraction of sp³-hybridized carbons (Fsp3) is 0.538. The van der Waals surface area contributed by atoms with E-state index >= 15 is 0 Å². The van der Waals surface area contributed by atoms with Gasteiger partial charge in [0, 0.05) is 6.07 Å². The van der Waals surface area contributed by atoms with Crippen LogP contribution < -0.4 is 14.2 Å². The lowest BCUT2D eigenvalue weighted by molar-refractivity contribution is 0.217. The predicted molar refractivity (Wildman–Crippen MR) is 62.4 cm³/mol. The molecule has 3 nitrogen and oxygen atoms in total. The maximum Gasteiger partial charge on any atom is 0.165 e. The Morgan fingerprint density at radius 3 is 2.50 bits per heavy atom. The van der Waals surface area contributed by atoms with Crippen LogP contribution in [0.25, 0.3) is 0 Å². The molecule has 0 atom stereocenters. The van der Waals surface area contributed by atoms with Crippen molar-refractivity contribution < 1.29 is 14.2 Å². The number of ether oxygens (including phenoxy) is 3. The molecule has 0 saturated heterocycles. The van der Waals surface area contributed by atoms with E-state index in [1.807, 2.05) is 32.0 Å². The second-order valence-electron chi connectivity index (χ2n) is 4.30. The Labute approximate surface area is 96.3 Å². The minimum atomic E-state index is 0.148. The van der Waals surface area contributed by atoms with Gasteiger partial charge in [0.05, 0.1) is 19.3 Å². The Morgan fingerprint density at radius 1 is 1.19 bits per heavy atom. The molecule has 1 aliphatic rings. The van der Waals surface area contributed by atoms with Crippen molar-refractivity contribution in [2.45, 2.75) is 38.9 Å². The summed E-state index contributed by atoms with van der Waals surface area (Å²) in [6.45, 7) is 4.01. The van der Waals surface area contributed by atoms with Crippen LogP contribution in [0.5, 0.6) is 17.2 Å². The molecule has 0 N–H and O–H groups in total. The van der Waals surface area contributed by atoms with Crippen molar-refractivity contribution in [1.29, 1.82) is 0 Å². The van der Waals surface area contributed by atoms with Crippen LogP contribution in [0.4, 0.5) is 0 Å². The zero-order valence-electron chi connectivity index (χ0n) is 10.0. The van der Waals surface area contributed by atoms with Gasteiger partial charge >= 0.3 is 0 Å². The molecular weight excluding hydrogens is 204 g/mol. The summed E-state index contributed by atoms with van der Waals surface area (Å²) in [6.07, 6.45) is 2.79. The summed E-state index contributed by atoms with van der Waals surface area (Å²) in [5.74, 6) is 2.38. The summed E-state index contributed by atoms with van der Waals surface area (Å²) >= 11 is 0. The van der Waals surface area contributed by atoms with Crippen molar-refractivity contribution >= 4 is 0 Å². The molecule has 0 heterocycles. The molecule has 1 aromatic rings. The van der Waals surface area contributed by atoms with Crippen LogP contribution in [0.2, 0.25) is 0 Å². The Kier molecular flexibility index (Phi) is 3.22. The second-order valence-corrected chi connectivity index (χ2v) is 4.30. The largest absolute Gasteiger partial charge is 0.497 e. The van der Waals surface area contributed by atoms with E-state index in [1.165, 1.54) is 0 Å². The van der Waals surface area contributed by atoms with Gasteiger partial charge < -0.3 is 14.2 Å². The third-order valence-corrected chi connectivity index (χ3v) is 2.33. The average Bonchev–Trinajstić information content (AvgIpc) is 3.04. The zero-order chi connectivity index (χ0) is 11.5. The molecular formula is C13H18O3. The lowest BCUT2D eigenvalue weighted by Crippen LogP contribution is -2.08. The molecule has 1 aromatic carbocycles. The summed E-state index contributed by atoms with van der Waals surface area (Å²) < 4.78 is 16.7. The van der Waals surface area contributed by atoms with E-state index in [1.54, 1.807) is 7.11 Å². The third kappa shape index (κ3) is 2.81. The highest BCUT2D eigenvalue weighted by Crippen LogP contribution is 2.36. The molecule has 0 aliphatic heterocycles. The van der Waals surface area contributed by atoms with Gasteiger partial charge in [-0.15, -0.1) is 0 Å². The summed E-state index contributed by atoms with van der Waals surface area (Å²) in [6, 6.07) is 5.67. The number of hydrogen-bond acceptors (Lipinski definition) is 3. The van der Waals surface area contributed by atoms with Crippen LogP contribution in [0, 0.1) is 0 Å². The standard InChI is InChI=1S/C13H18O3/c1-9(2)15-12-7-6-11(14-3)8-13(12)16-10-4-5-10/h6-10H,4-5H2,1-3H3. The Hall–Kier alpha value is -1.38. The zero-order valence-corrected chi connectivity index (χ0v) is 10.0. The molecule has 88 valence electrons. The molecule has 0 amide bonds. The van der Waals surface area contributed by atoms with E-state index in [9.17, 15) is 0 Å². The van der Waals surface area contributed by atoms with Gasteiger partial charge in [0.1, 0.15) is 5.75 Å². The van der Waals surface area contributed by atoms with Crippen LogP contribution in [0.3, 0.4) is 0 Å². The number of rotatable bonds is 5. The van der Waals surface area contributed by atoms with Crippen molar-refractivity contribution in [3.05, 3.63) is 18.2 Å². The second kappa shape index (κ2) is 4.64. The van der Waals surface area contributed by atoms with Gasteiger partial charge in [-0.25, -0.2) is 0 Å². The summed E-state index contributed by atoms with van der Waals surface area (Å²) in [5.41, 5.74) is 0. The van der Waals surface area contributed by atoms with Gasteiger partial charge in [0.25, 0.3) is 0 Å². The van der Waals surface area contributed by atoms with Crippen molar-refractivity contribution in [3.8, 4) is 17.2 Å². The van der Waals surface area contributed by atoms with E-state index in [2.05, 4.69) is 0 Å². The van der Waals surface area contributed by atoms with Crippen LogP contribution in [0.1, 0.15) is 26.7 Å². The summed E-state index contributed by atoms with van der Waals surface area (Å²) in [4.78, 5) is 0. The summed E-state index contributed by atoms with van der Waals surface area (Å²) in [5, 5.41) is 0. The molecule has 0 bridgehead atoms. The third-order valence-electron chi connectivity index (χ3n) is 2.33. The normalized spacial score (nSPS) is 15.0. The monoisotopic (exact) mass is 222 g/mol. The van der Waals surface area contributed by atoms with Gasteiger partial charge in [-0.3, -0.25) is 0 Å². The molecule has 2 rings (SSSR count). The van der Waals surface area contributed by atoms with Crippen molar-refractivity contribution in [1.82, 2.24) is 0 Å². The molecule has 1 aliphatic carbocycles. The van der Waals surface area contributed by atoms with E-state index in [-0.39, 0.29) is 6.10 Å². The molecule has 0 aromatic heterocycles. The molecule has 1 saturated carbocycles. The molecule has 1 fully saturated rings. The first kappa shape index (κ1) is 11.1. The highest BCUT2D eigenvalue weighted by Gasteiger charge is 2.25. The maximum absolute atomic E-state index is 5.79. The van der Waals surface area contributed by atoms with Gasteiger partial charge in [0.15, 0.2) is 11.5 Å². The average molecular weight is 222 g/mol. The number of hydrogen-bond donors (Lipinski definition) is 0. The molecule has 0 spiro atoms. The van der Waals surface area contributed by atoms with Crippen molar-refractivity contribution in [2.75, 3.05) is 7.11 Å². The highest BCUT2D eigenvalue weighted by atomic mass is 16.5.